The van der Waals surface area contributed by atoms with Gasteiger partial charge in [0.15, 0.2) is 0 Å². The quantitative estimate of drug-likeness (QED) is 0.857. The van der Waals surface area contributed by atoms with Crippen LogP contribution in [0, 0.1) is 12.7 Å². The summed E-state index contributed by atoms with van der Waals surface area (Å²) in [6.07, 6.45) is 1.58. The van der Waals surface area contributed by atoms with Crippen molar-refractivity contribution in [2.24, 2.45) is 0 Å². The second-order valence-electron chi connectivity index (χ2n) is 6.26. The second-order valence-corrected chi connectivity index (χ2v) is 6.26. The molecule has 0 aliphatic heterocycles. The van der Waals surface area contributed by atoms with E-state index in [1.807, 2.05) is 13.0 Å². The van der Waals surface area contributed by atoms with E-state index in [2.05, 4.69) is 36.3 Å². The van der Waals surface area contributed by atoms with E-state index in [-0.39, 0.29) is 17.2 Å². The second kappa shape index (κ2) is 6.35. The van der Waals surface area contributed by atoms with Gasteiger partial charge < -0.3 is 9.73 Å². The molecule has 0 saturated heterocycles. The molecule has 0 aliphatic rings. The fourth-order valence-corrected chi connectivity index (χ4v) is 1.96. The van der Waals surface area contributed by atoms with Crippen LogP contribution in [0.4, 0.5) is 4.39 Å². The van der Waals surface area contributed by atoms with Crippen molar-refractivity contribution in [3.8, 4) is 11.5 Å². The summed E-state index contributed by atoms with van der Waals surface area (Å²) in [5.41, 5.74) is 1.32. The first-order valence-electron chi connectivity index (χ1n) is 7.19. The normalized spacial score (nSPS) is 11.9. The highest BCUT2D eigenvalue weighted by molar-refractivity contribution is 5.54. The van der Waals surface area contributed by atoms with Crippen LogP contribution in [-0.4, -0.2) is 22.3 Å². The van der Waals surface area contributed by atoms with Gasteiger partial charge in [0.2, 0.25) is 5.89 Å². The average Bonchev–Trinajstić information content (AvgIpc) is 2.82. The smallest absolute Gasteiger partial charge is 0.250 e. The zero-order valence-corrected chi connectivity index (χ0v) is 13.0. The lowest BCUT2D eigenvalue weighted by Crippen LogP contribution is -2.36. The minimum Gasteiger partial charge on any atom is -0.421 e. The molecule has 21 heavy (non-hydrogen) atoms. The Morgan fingerprint density at radius 3 is 2.67 bits per heavy atom. The third kappa shape index (κ3) is 4.63. The first-order chi connectivity index (χ1) is 9.85. The highest BCUT2D eigenvalue weighted by atomic mass is 19.1. The SMILES string of the molecule is Cc1ccc(-c2nnc(CCCNC(C)(C)C)o2)c(F)c1. The lowest BCUT2D eigenvalue weighted by molar-refractivity contribution is 0.412. The molecule has 5 heteroatoms. The fraction of sp³-hybridized carbons (Fsp3) is 0.500. The Hall–Kier alpha value is -1.75. The van der Waals surface area contributed by atoms with Crippen LogP contribution in [0.25, 0.3) is 11.5 Å². The number of aryl methyl sites for hydroxylation is 2. The maximum Gasteiger partial charge on any atom is 0.250 e. The van der Waals surface area contributed by atoms with Crippen molar-refractivity contribution in [3.63, 3.8) is 0 Å². The van der Waals surface area contributed by atoms with E-state index < -0.39 is 0 Å². The van der Waals surface area contributed by atoms with Gasteiger partial charge in [-0.15, -0.1) is 10.2 Å². The molecule has 1 N–H and O–H groups in total. The summed E-state index contributed by atoms with van der Waals surface area (Å²) in [4.78, 5) is 0. The number of nitrogens with one attached hydrogen (secondary N) is 1. The summed E-state index contributed by atoms with van der Waals surface area (Å²) in [7, 11) is 0. The van der Waals surface area contributed by atoms with E-state index >= 15 is 0 Å². The first kappa shape index (κ1) is 15.6. The summed E-state index contributed by atoms with van der Waals surface area (Å²) in [5.74, 6) is 0.451. The zero-order valence-electron chi connectivity index (χ0n) is 13.0. The Balaban J connectivity index is 1.95. The van der Waals surface area contributed by atoms with Crippen LogP contribution in [0.3, 0.4) is 0 Å². The van der Waals surface area contributed by atoms with Crippen LogP contribution in [0.5, 0.6) is 0 Å². The van der Waals surface area contributed by atoms with Gasteiger partial charge >= 0.3 is 0 Å². The molecule has 114 valence electrons. The van der Waals surface area contributed by atoms with Crippen LogP contribution >= 0.6 is 0 Å². The van der Waals surface area contributed by atoms with Gasteiger partial charge in [0.1, 0.15) is 5.82 Å². The zero-order chi connectivity index (χ0) is 15.5. The number of hydrogen-bond acceptors (Lipinski definition) is 4. The Morgan fingerprint density at radius 1 is 1.24 bits per heavy atom. The van der Waals surface area contributed by atoms with Crippen molar-refractivity contribution in [1.82, 2.24) is 15.5 Å². The highest BCUT2D eigenvalue weighted by Gasteiger charge is 2.13. The third-order valence-corrected chi connectivity index (χ3v) is 3.04. The summed E-state index contributed by atoms with van der Waals surface area (Å²) < 4.78 is 19.4. The monoisotopic (exact) mass is 291 g/mol. The van der Waals surface area contributed by atoms with Gasteiger partial charge in [0, 0.05) is 12.0 Å². The molecule has 0 aliphatic carbocycles. The van der Waals surface area contributed by atoms with Gasteiger partial charge in [-0.05, 0) is 58.4 Å². The first-order valence-corrected chi connectivity index (χ1v) is 7.19. The maximum atomic E-state index is 13.8. The van der Waals surface area contributed by atoms with Gasteiger partial charge in [-0.2, -0.15) is 0 Å². The molecule has 0 spiro atoms. The van der Waals surface area contributed by atoms with Crippen molar-refractivity contribution in [2.45, 2.75) is 46.1 Å². The molecule has 4 nitrogen and oxygen atoms in total. The van der Waals surface area contributed by atoms with Crippen LogP contribution in [0.1, 0.15) is 38.6 Å². The largest absolute Gasteiger partial charge is 0.421 e. The van der Waals surface area contributed by atoms with Crippen molar-refractivity contribution >= 4 is 0 Å². The molecular weight excluding hydrogens is 269 g/mol. The van der Waals surface area contributed by atoms with E-state index in [4.69, 9.17) is 4.42 Å². The van der Waals surface area contributed by atoms with Crippen LogP contribution in [-0.2, 0) is 6.42 Å². The summed E-state index contributed by atoms with van der Waals surface area (Å²) in [6.45, 7) is 9.09. The van der Waals surface area contributed by atoms with E-state index in [1.165, 1.54) is 6.07 Å². The van der Waals surface area contributed by atoms with E-state index in [9.17, 15) is 4.39 Å². The van der Waals surface area contributed by atoms with Crippen molar-refractivity contribution in [1.29, 1.82) is 0 Å². The standard InChI is InChI=1S/C16H22FN3O/c1-11-7-8-12(13(17)10-11)15-20-19-14(21-15)6-5-9-18-16(2,3)4/h7-8,10,18H,5-6,9H2,1-4H3. The predicted octanol–water partition coefficient (Wildman–Crippen LogP) is 3.50. The van der Waals surface area contributed by atoms with Gasteiger partial charge in [-0.1, -0.05) is 6.07 Å². The number of rotatable bonds is 5. The molecule has 1 aromatic carbocycles. The average molecular weight is 291 g/mol. The Labute approximate surface area is 124 Å². The molecule has 0 atom stereocenters. The van der Waals surface area contributed by atoms with Gasteiger partial charge in [-0.25, -0.2) is 4.39 Å². The van der Waals surface area contributed by atoms with Crippen molar-refractivity contribution in [2.75, 3.05) is 6.54 Å². The Morgan fingerprint density at radius 2 is 2.00 bits per heavy atom. The minimum absolute atomic E-state index is 0.102. The number of aromatic nitrogens is 2. The van der Waals surface area contributed by atoms with Gasteiger partial charge in [0.05, 0.1) is 5.56 Å². The Kier molecular flexibility index (Phi) is 4.73. The molecule has 1 heterocycles. The van der Waals surface area contributed by atoms with Crippen LogP contribution in [0.2, 0.25) is 0 Å². The number of hydrogen-bond donors (Lipinski definition) is 1. The van der Waals surface area contributed by atoms with Crippen LogP contribution in [0.15, 0.2) is 22.6 Å². The molecule has 0 radical (unpaired) electrons. The summed E-state index contributed by atoms with van der Waals surface area (Å²) in [6, 6.07) is 4.96. The number of nitrogens with zero attached hydrogens (tertiary/aromatic N) is 2. The van der Waals surface area contributed by atoms with Crippen LogP contribution < -0.4 is 5.32 Å². The molecular formula is C16H22FN3O. The fourth-order valence-electron chi connectivity index (χ4n) is 1.96. The lowest BCUT2D eigenvalue weighted by Gasteiger charge is -2.19. The summed E-state index contributed by atoms with van der Waals surface area (Å²) >= 11 is 0. The van der Waals surface area contributed by atoms with Crippen molar-refractivity contribution in [3.05, 3.63) is 35.5 Å². The van der Waals surface area contributed by atoms with E-state index in [1.54, 1.807) is 6.07 Å². The summed E-state index contributed by atoms with van der Waals surface area (Å²) in [5, 5.41) is 11.3. The molecule has 2 aromatic rings. The number of benzene rings is 1. The molecule has 1 aromatic heterocycles. The predicted molar refractivity (Wildman–Crippen MR) is 80.5 cm³/mol. The minimum atomic E-state index is -0.334. The molecule has 0 amide bonds. The molecule has 2 rings (SSSR count). The molecule has 0 saturated carbocycles. The molecule has 0 fully saturated rings. The van der Waals surface area contributed by atoms with Gasteiger partial charge in [0.25, 0.3) is 5.89 Å². The maximum absolute atomic E-state index is 13.8. The van der Waals surface area contributed by atoms with E-state index in [0.29, 0.717) is 17.9 Å². The molecule has 0 unspecified atom stereocenters. The van der Waals surface area contributed by atoms with E-state index in [0.717, 1.165) is 18.5 Å². The highest BCUT2D eigenvalue weighted by Crippen LogP contribution is 2.22. The topological polar surface area (TPSA) is 51.0 Å². The molecule has 0 bridgehead atoms. The van der Waals surface area contributed by atoms with Gasteiger partial charge in [-0.3, -0.25) is 0 Å². The third-order valence-electron chi connectivity index (χ3n) is 3.04. The van der Waals surface area contributed by atoms with Crippen molar-refractivity contribution < 1.29 is 8.81 Å². The lowest BCUT2D eigenvalue weighted by atomic mass is 10.1. The number of halogens is 1. The Bertz CT molecular complexity index is 602.